The number of carbonyl (C=O) groups is 1. The molecule has 0 atom stereocenters. The van der Waals surface area contributed by atoms with E-state index < -0.39 is 0 Å². The highest BCUT2D eigenvalue weighted by Gasteiger charge is 2.11. The number of carbonyl (C=O) groups excluding carboxylic acids is 1. The lowest BCUT2D eigenvalue weighted by atomic mass is 10.4. The molecular weight excluding hydrogens is 298 g/mol. The Balaban J connectivity index is 1.69. The van der Waals surface area contributed by atoms with Crippen LogP contribution >= 0.6 is 23.1 Å². The Morgan fingerprint density at radius 3 is 3.05 bits per heavy atom. The lowest BCUT2D eigenvalue weighted by Gasteiger charge is -2.25. The summed E-state index contributed by atoms with van der Waals surface area (Å²) in [7, 11) is 0. The van der Waals surface area contributed by atoms with Crippen LogP contribution in [-0.2, 0) is 9.53 Å². The summed E-state index contributed by atoms with van der Waals surface area (Å²) in [5.74, 6) is 0.578. The molecule has 1 saturated heterocycles. The minimum absolute atomic E-state index is 0.168. The van der Waals surface area contributed by atoms with Gasteiger partial charge < -0.3 is 4.74 Å². The number of thioether (sulfide) groups is 1. The predicted octanol–water partition coefficient (Wildman–Crippen LogP) is 0.815. The third-order valence-corrected chi connectivity index (χ3v) is 4.58. The van der Waals surface area contributed by atoms with Gasteiger partial charge in [0.2, 0.25) is 11.0 Å². The zero-order chi connectivity index (χ0) is 14.2. The summed E-state index contributed by atoms with van der Waals surface area (Å²) < 4.78 is 6.12. The Morgan fingerprint density at radius 2 is 2.30 bits per heavy atom. The van der Waals surface area contributed by atoms with Crippen molar-refractivity contribution in [2.45, 2.75) is 10.8 Å². The first-order chi connectivity index (χ1) is 9.78. The van der Waals surface area contributed by atoms with E-state index in [1.54, 1.807) is 17.8 Å². The van der Waals surface area contributed by atoms with Crippen LogP contribution in [0.4, 0.5) is 5.13 Å². The van der Waals surface area contributed by atoms with E-state index in [0.29, 0.717) is 5.13 Å². The highest BCUT2D eigenvalue weighted by Crippen LogP contribution is 2.25. The molecule has 1 amide bonds. The number of nitrogens with one attached hydrogen (secondary N) is 1. The van der Waals surface area contributed by atoms with Crippen molar-refractivity contribution in [3.05, 3.63) is 0 Å². The van der Waals surface area contributed by atoms with E-state index in [9.17, 15) is 4.79 Å². The van der Waals surface area contributed by atoms with Gasteiger partial charge in [-0.2, -0.15) is 5.26 Å². The van der Waals surface area contributed by atoms with Crippen molar-refractivity contribution >= 4 is 34.1 Å². The molecule has 20 heavy (non-hydrogen) atoms. The number of morpholine rings is 1. The van der Waals surface area contributed by atoms with Crippen molar-refractivity contribution in [3.63, 3.8) is 0 Å². The summed E-state index contributed by atoms with van der Waals surface area (Å²) in [6, 6.07) is 1.79. The summed E-state index contributed by atoms with van der Waals surface area (Å²) in [6.45, 7) is 4.55. The summed E-state index contributed by atoms with van der Waals surface area (Å²) in [6.07, 6.45) is -0.168. The lowest BCUT2D eigenvalue weighted by molar-refractivity contribution is -0.115. The van der Waals surface area contributed by atoms with Gasteiger partial charge in [-0.3, -0.25) is 15.0 Å². The number of amides is 1. The van der Waals surface area contributed by atoms with Gasteiger partial charge in [-0.15, -0.1) is 10.2 Å². The molecule has 2 rings (SSSR count). The van der Waals surface area contributed by atoms with Crippen LogP contribution in [0.1, 0.15) is 6.42 Å². The van der Waals surface area contributed by atoms with Crippen LogP contribution in [0.5, 0.6) is 0 Å². The molecule has 0 aliphatic carbocycles. The summed E-state index contributed by atoms with van der Waals surface area (Å²) in [4.78, 5) is 13.6. The van der Waals surface area contributed by atoms with Gasteiger partial charge in [-0.25, -0.2) is 0 Å². The van der Waals surface area contributed by atoms with E-state index in [4.69, 9.17) is 10.00 Å². The number of nitriles is 1. The maximum Gasteiger partial charge on any atom is 0.240 e. The van der Waals surface area contributed by atoms with Crippen molar-refractivity contribution in [2.24, 2.45) is 0 Å². The van der Waals surface area contributed by atoms with Gasteiger partial charge in [0.15, 0.2) is 4.34 Å². The summed E-state index contributed by atoms with van der Waals surface area (Å²) >= 11 is 2.95. The van der Waals surface area contributed by atoms with E-state index >= 15 is 0 Å². The smallest absolute Gasteiger partial charge is 0.240 e. The van der Waals surface area contributed by atoms with Crippen molar-refractivity contribution in [3.8, 4) is 6.07 Å². The second kappa shape index (κ2) is 8.16. The summed E-state index contributed by atoms with van der Waals surface area (Å²) in [5.41, 5.74) is 0. The SMILES string of the molecule is N#CCC(=O)Nc1nnc(SCCN2CCOCC2)s1. The van der Waals surface area contributed by atoms with Gasteiger partial charge in [-0.05, 0) is 0 Å². The number of rotatable bonds is 6. The van der Waals surface area contributed by atoms with Gasteiger partial charge in [0.05, 0.1) is 19.3 Å². The molecule has 1 aliphatic heterocycles. The summed E-state index contributed by atoms with van der Waals surface area (Å²) in [5, 5.41) is 19.3. The first-order valence-electron chi connectivity index (χ1n) is 6.21. The zero-order valence-electron chi connectivity index (χ0n) is 10.9. The van der Waals surface area contributed by atoms with Crippen LogP contribution in [0, 0.1) is 11.3 Å². The Morgan fingerprint density at radius 1 is 1.50 bits per heavy atom. The number of nitrogens with zero attached hydrogens (tertiary/aromatic N) is 4. The number of aromatic nitrogens is 2. The third kappa shape index (κ3) is 5.05. The highest BCUT2D eigenvalue weighted by molar-refractivity contribution is 8.01. The van der Waals surface area contributed by atoms with Gasteiger partial charge in [0.25, 0.3) is 0 Å². The molecule has 0 spiro atoms. The van der Waals surface area contributed by atoms with Gasteiger partial charge in [-0.1, -0.05) is 23.1 Å². The highest BCUT2D eigenvalue weighted by atomic mass is 32.2. The van der Waals surface area contributed by atoms with Crippen molar-refractivity contribution in [1.82, 2.24) is 15.1 Å². The van der Waals surface area contributed by atoms with Gasteiger partial charge in [0.1, 0.15) is 6.42 Å². The Bertz CT molecular complexity index is 481. The second-order valence-electron chi connectivity index (χ2n) is 4.06. The normalized spacial score (nSPS) is 15.8. The van der Waals surface area contributed by atoms with Crippen molar-refractivity contribution in [2.75, 3.05) is 43.9 Å². The monoisotopic (exact) mass is 313 g/mol. The minimum Gasteiger partial charge on any atom is -0.379 e. The molecule has 1 aromatic rings. The predicted molar refractivity (Wildman–Crippen MR) is 76.8 cm³/mol. The number of anilines is 1. The minimum atomic E-state index is -0.353. The Hall–Kier alpha value is -1.21. The molecule has 0 bridgehead atoms. The van der Waals surface area contributed by atoms with E-state index in [-0.39, 0.29) is 12.3 Å². The number of hydrogen-bond donors (Lipinski definition) is 1. The average Bonchev–Trinajstić information content (AvgIpc) is 2.88. The largest absolute Gasteiger partial charge is 0.379 e. The lowest BCUT2D eigenvalue weighted by Crippen LogP contribution is -2.37. The van der Waals surface area contributed by atoms with Crippen LogP contribution in [0.15, 0.2) is 4.34 Å². The molecule has 9 heteroatoms. The Kier molecular flexibility index (Phi) is 6.20. The topological polar surface area (TPSA) is 91.1 Å². The van der Waals surface area contributed by atoms with Crippen LogP contribution < -0.4 is 5.32 Å². The van der Waals surface area contributed by atoms with Gasteiger partial charge >= 0.3 is 0 Å². The first-order valence-corrected chi connectivity index (χ1v) is 8.01. The maximum absolute atomic E-state index is 11.2. The number of ether oxygens (including phenoxy) is 1. The number of hydrogen-bond acceptors (Lipinski definition) is 8. The average molecular weight is 313 g/mol. The molecule has 1 aromatic heterocycles. The molecule has 2 heterocycles. The van der Waals surface area contributed by atoms with Crippen molar-refractivity contribution < 1.29 is 9.53 Å². The first kappa shape index (κ1) is 15.2. The molecule has 1 N–H and O–H groups in total. The third-order valence-electron chi connectivity index (χ3n) is 2.63. The molecule has 1 aliphatic rings. The molecule has 0 saturated carbocycles. The fourth-order valence-corrected chi connectivity index (χ4v) is 3.48. The van der Waals surface area contributed by atoms with Crippen LogP contribution in [0.2, 0.25) is 0 Å². The van der Waals surface area contributed by atoms with E-state index in [2.05, 4.69) is 20.4 Å². The second-order valence-corrected chi connectivity index (χ2v) is 6.38. The van der Waals surface area contributed by atoms with E-state index in [0.717, 1.165) is 42.9 Å². The Labute approximate surface area is 125 Å². The molecule has 7 nitrogen and oxygen atoms in total. The van der Waals surface area contributed by atoms with Crippen molar-refractivity contribution in [1.29, 1.82) is 5.26 Å². The standard InChI is InChI=1S/C11H15N5O2S2/c12-2-1-9(17)13-10-14-15-11(20-10)19-8-5-16-3-6-18-7-4-16/h1,3-8H2,(H,13,14,17). The molecule has 0 aromatic carbocycles. The zero-order valence-corrected chi connectivity index (χ0v) is 12.5. The fourth-order valence-electron chi connectivity index (χ4n) is 1.64. The van der Waals surface area contributed by atoms with Crippen LogP contribution in [0.3, 0.4) is 0 Å². The van der Waals surface area contributed by atoms with Crippen LogP contribution in [0.25, 0.3) is 0 Å². The molecular formula is C11H15N5O2S2. The van der Waals surface area contributed by atoms with E-state index in [1.165, 1.54) is 11.3 Å². The van der Waals surface area contributed by atoms with E-state index in [1.807, 2.05) is 0 Å². The maximum atomic E-state index is 11.2. The van der Waals surface area contributed by atoms with Gasteiger partial charge in [0, 0.05) is 25.4 Å². The quantitative estimate of drug-likeness (QED) is 0.614. The van der Waals surface area contributed by atoms with Crippen LogP contribution in [-0.4, -0.2) is 59.6 Å². The molecule has 0 radical (unpaired) electrons. The molecule has 108 valence electrons. The molecule has 1 fully saturated rings. The molecule has 0 unspecified atom stereocenters. The fraction of sp³-hybridized carbons (Fsp3) is 0.636.